The minimum atomic E-state index is -2.23. The molecule has 0 amide bonds. The Hall–Kier alpha value is -9.52. The number of carboxylic acid groups (broad SMARTS) is 8. The van der Waals surface area contributed by atoms with Gasteiger partial charge in [0.1, 0.15) is 24.2 Å². The molecule has 0 saturated heterocycles. The van der Waals surface area contributed by atoms with Gasteiger partial charge in [-0.05, 0) is 46.5 Å². The third kappa shape index (κ3) is 16.4. The lowest BCUT2D eigenvalue weighted by atomic mass is 9.88. The van der Waals surface area contributed by atoms with Gasteiger partial charge in [0.2, 0.25) is 0 Å². The summed E-state index contributed by atoms with van der Waals surface area (Å²) < 4.78 is 0. The molecule has 448 valence electrons. The molecule has 28 nitrogen and oxygen atoms in total. The molecule has 0 bridgehead atoms. The van der Waals surface area contributed by atoms with Crippen molar-refractivity contribution in [3.05, 3.63) is 144 Å². The van der Waals surface area contributed by atoms with Crippen LogP contribution in [0.25, 0.3) is 43.6 Å². The highest BCUT2D eigenvalue weighted by molar-refractivity contribution is 5.89. The van der Waals surface area contributed by atoms with Crippen molar-refractivity contribution >= 4 is 91.4 Å². The van der Waals surface area contributed by atoms with Gasteiger partial charge in [0.05, 0.1) is 0 Å². The number of aromatic amines is 4. The van der Waals surface area contributed by atoms with Crippen LogP contribution in [0, 0.1) is 0 Å². The van der Waals surface area contributed by atoms with Gasteiger partial charge in [-0.1, -0.05) is 72.8 Å². The van der Waals surface area contributed by atoms with Crippen LogP contribution in [0.4, 0.5) is 0 Å². The number of nitrogens with one attached hydrogen (secondary N) is 4. The van der Waals surface area contributed by atoms with Gasteiger partial charge in [-0.2, -0.15) is 0 Å². The lowest BCUT2D eigenvalue weighted by Crippen LogP contribution is -2.48. The molecule has 0 fully saturated rings. The Labute approximate surface area is 474 Å². The molecular weight excluding hydrogens is 1100 g/mol. The molecule has 0 saturated carbocycles. The van der Waals surface area contributed by atoms with Gasteiger partial charge in [-0.25, -0.2) is 19.2 Å². The maximum Gasteiger partial charge on any atom is 0.336 e. The minimum Gasteiger partial charge on any atom is -0.480 e. The SMILES string of the molecule is NC(C[C@@](O)(Cc1c[nH]c2ccccc12)C(=O)O)C(=O)O.N[C@@H](C[C@](O)(Cc1c[nH]c2ccccc12)C(=O)O)C(=O)O.N[C@H](C[C@@](O)(Cc1c[nH]c2ccccc12)C(=O)O)C(=O)O.N[C@H](C[C@](O)(Cc1c[nH]c2ccccc12)C(=O)O)C(=O)O. The molecule has 0 spiro atoms. The first-order chi connectivity index (χ1) is 39.3. The normalized spacial score (nSPS) is 15.5. The Balaban J connectivity index is 0.000000205. The Bertz CT molecular complexity index is 3200. The highest BCUT2D eigenvalue weighted by Gasteiger charge is 2.43. The maximum absolute atomic E-state index is 11.3. The topological polar surface area (TPSA) is 547 Å². The van der Waals surface area contributed by atoms with Crippen molar-refractivity contribution in [1.29, 1.82) is 0 Å². The molecule has 0 radical (unpaired) electrons. The van der Waals surface area contributed by atoms with Crippen molar-refractivity contribution in [3.63, 3.8) is 0 Å². The molecule has 1 unspecified atom stereocenters. The van der Waals surface area contributed by atoms with Crippen molar-refractivity contribution in [3.8, 4) is 0 Å². The summed E-state index contributed by atoms with van der Waals surface area (Å²) in [5, 5.41) is 116. The largest absolute Gasteiger partial charge is 0.480 e. The molecule has 4 heterocycles. The molecule has 8 atom stereocenters. The fourth-order valence-corrected chi connectivity index (χ4v) is 9.12. The van der Waals surface area contributed by atoms with E-state index in [-0.39, 0.29) is 25.7 Å². The van der Waals surface area contributed by atoms with E-state index in [2.05, 4.69) is 19.9 Å². The average molecular weight is 1170 g/mol. The summed E-state index contributed by atoms with van der Waals surface area (Å²) in [4.78, 5) is 100. The van der Waals surface area contributed by atoms with Crippen LogP contribution < -0.4 is 22.9 Å². The fourth-order valence-electron chi connectivity index (χ4n) is 9.12. The quantitative estimate of drug-likeness (QED) is 0.0405. The summed E-state index contributed by atoms with van der Waals surface area (Å²) in [6.45, 7) is 0. The lowest BCUT2D eigenvalue weighted by molar-refractivity contribution is -0.161. The lowest BCUT2D eigenvalue weighted by Gasteiger charge is -2.24. The van der Waals surface area contributed by atoms with Crippen molar-refractivity contribution in [2.24, 2.45) is 22.9 Å². The molecular formula is C56H64N8O20. The van der Waals surface area contributed by atoms with Crippen molar-refractivity contribution in [2.75, 3.05) is 0 Å². The first kappa shape index (κ1) is 65.3. The van der Waals surface area contributed by atoms with E-state index in [4.69, 9.17) is 43.4 Å². The zero-order valence-corrected chi connectivity index (χ0v) is 44.5. The standard InChI is InChI=1S/4C14H16N2O5/c4*15-10(12(17)18)6-14(21,13(19)20)5-8-7-16-11-4-2-1-3-9(8)11/h4*1-4,7,10,16,21H,5-6,15H2,(H,17,18)(H,19,20)/t10?,14-;2*10-,14+;10-,14-/m0101/s1. The molecule has 28 heteroatoms. The predicted octanol–water partition coefficient (Wildman–Crippen LogP) is 1.31. The average Bonchev–Trinajstić information content (AvgIpc) is 3.83. The van der Waals surface area contributed by atoms with Crippen LogP contribution in [-0.4, -0.2) is 176 Å². The molecule has 84 heavy (non-hydrogen) atoms. The van der Waals surface area contributed by atoms with Gasteiger partial charge < -0.3 is 104 Å². The molecule has 0 aliphatic heterocycles. The van der Waals surface area contributed by atoms with Gasteiger partial charge in [0.15, 0.2) is 22.4 Å². The number of benzene rings is 4. The fraction of sp³-hybridized carbons (Fsp3) is 0.286. The number of H-pyrrole nitrogens is 4. The molecule has 8 rings (SSSR count). The van der Waals surface area contributed by atoms with Gasteiger partial charge in [-0.15, -0.1) is 0 Å². The minimum absolute atomic E-state index is 0.229. The number of fused-ring (bicyclic) bond motifs is 4. The van der Waals surface area contributed by atoms with E-state index in [1.54, 1.807) is 73.3 Å². The van der Waals surface area contributed by atoms with E-state index >= 15 is 0 Å². The number of aromatic nitrogens is 4. The van der Waals surface area contributed by atoms with Gasteiger partial charge >= 0.3 is 47.8 Å². The van der Waals surface area contributed by atoms with Crippen LogP contribution in [0.3, 0.4) is 0 Å². The third-order valence-corrected chi connectivity index (χ3v) is 13.7. The Morgan fingerprint density at radius 3 is 0.643 bits per heavy atom. The van der Waals surface area contributed by atoms with Gasteiger partial charge in [0, 0.05) is 120 Å². The number of rotatable bonds is 24. The number of hydrogen-bond donors (Lipinski definition) is 20. The van der Waals surface area contributed by atoms with Crippen LogP contribution in [0.15, 0.2) is 122 Å². The van der Waals surface area contributed by atoms with E-state index in [0.717, 1.165) is 43.6 Å². The van der Waals surface area contributed by atoms with Crippen molar-refractivity contribution in [1.82, 2.24) is 19.9 Å². The zero-order chi connectivity index (χ0) is 62.5. The highest BCUT2D eigenvalue weighted by Crippen LogP contribution is 2.30. The van der Waals surface area contributed by atoms with Crippen LogP contribution >= 0.6 is 0 Å². The van der Waals surface area contributed by atoms with Crippen molar-refractivity contribution in [2.45, 2.75) is 97.9 Å². The number of para-hydroxylation sites is 4. The molecule has 4 aromatic heterocycles. The number of aliphatic hydroxyl groups is 4. The Kier molecular flexibility index (Phi) is 21.4. The van der Waals surface area contributed by atoms with Gasteiger partial charge in [0.25, 0.3) is 0 Å². The smallest absolute Gasteiger partial charge is 0.336 e. The Morgan fingerprint density at radius 1 is 0.321 bits per heavy atom. The Morgan fingerprint density at radius 2 is 0.488 bits per heavy atom. The van der Waals surface area contributed by atoms with E-state index in [1.165, 1.54) is 0 Å². The van der Waals surface area contributed by atoms with Crippen LogP contribution in [0.1, 0.15) is 47.9 Å². The summed E-state index contributed by atoms with van der Waals surface area (Å²) in [6.07, 6.45) is 3.20. The number of nitrogens with two attached hydrogens (primary N) is 4. The van der Waals surface area contributed by atoms with Crippen LogP contribution in [-0.2, 0) is 64.0 Å². The highest BCUT2D eigenvalue weighted by atomic mass is 16.4. The summed E-state index contributed by atoms with van der Waals surface area (Å²) in [7, 11) is 0. The number of aliphatic carboxylic acids is 8. The number of carboxylic acids is 8. The molecule has 24 N–H and O–H groups in total. The van der Waals surface area contributed by atoms with E-state index in [0.29, 0.717) is 22.3 Å². The summed E-state index contributed by atoms with van der Waals surface area (Å²) in [5.41, 5.74) is 18.1. The molecule has 0 aliphatic carbocycles. The third-order valence-electron chi connectivity index (χ3n) is 13.7. The van der Waals surface area contributed by atoms with E-state index in [1.807, 2.05) is 48.5 Å². The predicted molar refractivity (Wildman–Crippen MR) is 299 cm³/mol. The first-order valence-electron chi connectivity index (χ1n) is 25.3. The first-order valence-corrected chi connectivity index (χ1v) is 25.3. The summed E-state index contributed by atoms with van der Waals surface area (Å²) in [6, 6.07) is 23.1. The molecule has 4 aromatic carbocycles. The maximum atomic E-state index is 11.3. The van der Waals surface area contributed by atoms with E-state index < -0.39 is 120 Å². The second-order valence-electron chi connectivity index (χ2n) is 20.1. The zero-order valence-electron chi connectivity index (χ0n) is 44.5. The second-order valence-corrected chi connectivity index (χ2v) is 20.1. The summed E-state index contributed by atoms with van der Waals surface area (Å²) in [5.74, 6) is -11.4. The van der Waals surface area contributed by atoms with E-state index in [9.17, 15) is 79.2 Å². The number of hydrogen-bond acceptors (Lipinski definition) is 16. The van der Waals surface area contributed by atoms with Crippen LogP contribution in [0.2, 0.25) is 0 Å². The second kappa shape index (κ2) is 27.5. The van der Waals surface area contributed by atoms with Crippen molar-refractivity contribution < 1.29 is 99.6 Å². The van der Waals surface area contributed by atoms with Crippen LogP contribution in [0.5, 0.6) is 0 Å². The molecule has 8 aromatic rings. The summed E-state index contributed by atoms with van der Waals surface area (Å²) >= 11 is 0. The molecule has 0 aliphatic rings. The number of carbonyl (C=O) groups is 8. The monoisotopic (exact) mass is 1170 g/mol. The van der Waals surface area contributed by atoms with Gasteiger partial charge in [-0.3, -0.25) is 19.2 Å².